The van der Waals surface area contributed by atoms with Crippen molar-refractivity contribution in [1.82, 2.24) is 10.6 Å². The third-order valence-electron chi connectivity index (χ3n) is 2.21. The number of terminal acetylenes is 1. The lowest BCUT2D eigenvalue weighted by Gasteiger charge is -2.14. The van der Waals surface area contributed by atoms with E-state index < -0.39 is 28.1 Å². The van der Waals surface area contributed by atoms with Crippen LogP contribution in [0.2, 0.25) is 0 Å². The van der Waals surface area contributed by atoms with Gasteiger partial charge in [0.15, 0.2) is 0 Å². The minimum absolute atomic E-state index is 0.286. The maximum atomic E-state index is 11.5. The Morgan fingerprint density at radius 2 is 2.05 bits per heavy atom. The van der Waals surface area contributed by atoms with Crippen LogP contribution >= 0.6 is 22.6 Å². The van der Waals surface area contributed by atoms with Crippen LogP contribution in [-0.2, 0) is 19.1 Å². The van der Waals surface area contributed by atoms with Crippen LogP contribution in [-0.4, -0.2) is 41.3 Å². The molecule has 0 aliphatic heterocycles. The van der Waals surface area contributed by atoms with Crippen LogP contribution in [0.1, 0.15) is 26.7 Å². The van der Waals surface area contributed by atoms with E-state index in [9.17, 15) is 14.4 Å². The molecule has 0 saturated carbocycles. The fourth-order valence-electron chi connectivity index (χ4n) is 1.10. The number of unbranched alkanes of at least 4 members (excludes halogenated alkanes) is 1. The van der Waals surface area contributed by atoms with Crippen LogP contribution in [0.4, 0.5) is 4.79 Å². The van der Waals surface area contributed by atoms with Crippen molar-refractivity contribution >= 4 is 40.6 Å². The topological polar surface area (TPSA) is 93.7 Å². The molecule has 7 nitrogen and oxygen atoms in total. The molecule has 0 rings (SSSR count). The van der Waals surface area contributed by atoms with Crippen molar-refractivity contribution in [1.29, 1.82) is 0 Å². The monoisotopic (exact) mass is 410 g/mol. The first-order valence-corrected chi connectivity index (χ1v) is 7.66. The van der Waals surface area contributed by atoms with Crippen molar-refractivity contribution in [3.8, 4) is 12.3 Å². The van der Waals surface area contributed by atoms with Gasteiger partial charge in [0.05, 0.1) is 6.61 Å². The molecular formula is C13H19IN2O5. The molecule has 2 N–H and O–H groups in total. The van der Waals surface area contributed by atoms with Gasteiger partial charge in [-0.1, -0.05) is 19.3 Å². The third kappa shape index (κ3) is 9.95. The summed E-state index contributed by atoms with van der Waals surface area (Å²) in [6, 6.07) is -0.860. The van der Waals surface area contributed by atoms with E-state index in [1.54, 1.807) is 22.6 Å². The van der Waals surface area contributed by atoms with E-state index in [1.165, 1.54) is 6.92 Å². The van der Waals surface area contributed by atoms with Gasteiger partial charge < -0.3 is 20.1 Å². The highest BCUT2D eigenvalue weighted by atomic mass is 127. The molecule has 0 aromatic heterocycles. The molecule has 0 saturated heterocycles. The van der Waals surface area contributed by atoms with Gasteiger partial charge >= 0.3 is 12.1 Å². The summed E-state index contributed by atoms with van der Waals surface area (Å²) in [5.74, 6) is 1.05. The zero-order valence-corrected chi connectivity index (χ0v) is 14.1. The van der Waals surface area contributed by atoms with Gasteiger partial charge in [-0.3, -0.25) is 4.79 Å². The Hall–Kier alpha value is -1.50. The van der Waals surface area contributed by atoms with E-state index in [4.69, 9.17) is 15.9 Å². The number of ether oxygens (including phenoxy) is 2. The SMILES string of the molecule is C#CC(I)OC(=O)[C@H](C)NC(=O)CNC(=O)OCCCC. The summed E-state index contributed by atoms with van der Waals surface area (Å²) in [6.45, 7) is 3.44. The normalized spacial score (nSPS) is 12.5. The number of nitrogens with one attached hydrogen (secondary N) is 2. The molecule has 0 radical (unpaired) electrons. The molecule has 0 aromatic carbocycles. The van der Waals surface area contributed by atoms with Gasteiger partial charge in [-0.05, 0) is 35.9 Å². The van der Waals surface area contributed by atoms with Gasteiger partial charge in [0, 0.05) is 0 Å². The Kier molecular flexibility index (Phi) is 10.4. The second-order valence-electron chi connectivity index (χ2n) is 4.05. The Morgan fingerprint density at radius 3 is 2.62 bits per heavy atom. The average Bonchev–Trinajstić information content (AvgIpc) is 2.45. The predicted molar refractivity (Wildman–Crippen MR) is 84.6 cm³/mol. The number of alkyl carbamates (subject to hydrolysis) is 1. The van der Waals surface area contributed by atoms with Crippen LogP contribution in [0.5, 0.6) is 0 Å². The quantitative estimate of drug-likeness (QED) is 0.204. The van der Waals surface area contributed by atoms with E-state index in [-0.39, 0.29) is 6.54 Å². The summed E-state index contributed by atoms with van der Waals surface area (Å²) in [7, 11) is 0. The van der Waals surface area contributed by atoms with E-state index in [2.05, 4.69) is 16.6 Å². The van der Waals surface area contributed by atoms with Gasteiger partial charge in [0.1, 0.15) is 12.6 Å². The first-order valence-electron chi connectivity index (χ1n) is 6.41. The first kappa shape index (κ1) is 19.5. The predicted octanol–water partition coefficient (Wildman–Crippen LogP) is 0.955. The van der Waals surface area contributed by atoms with Crippen molar-refractivity contribution in [3.63, 3.8) is 0 Å². The number of halogens is 1. The van der Waals surface area contributed by atoms with E-state index >= 15 is 0 Å². The van der Waals surface area contributed by atoms with E-state index in [0.717, 1.165) is 12.8 Å². The molecule has 118 valence electrons. The minimum Gasteiger partial charge on any atom is -0.450 e. The number of rotatable bonds is 8. The molecule has 8 heteroatoms. The standard InChI is InChI=1S/C13H19IN2O5/c1-4-6-7-20-13(19)15-8-11(17)16-9(3)12(18)21-10(14)5-2/h2,9-10H,4,6-8H2,1,3H3,(H,15,19)(H,16,17)/t9-,10?/m0/s1. The van der Waals surface area contributed by atoms with E-state index in [1.807, 2.05) is 6.92 Å². The number of carbonyl (C=O) groups is 3. The summed E-state index contributed by atoms with van der Waals surface area (Å²) in [6.07, 6.45) is 6.06. The molecule has 0 heterocycles. The van der Waals surface area contributed by atoms with Gasteiger partial charge in [-0.25, -0.2) is 9.59 Å². The maximum absolute atomic E-state index is 11.5. The van der Waals surface area contributed by atoms with Gasteiger partial charge in [-0.15, -0.1) is 6.42 Å². The summed E-state index contributed by atoms with van der Waals surface area (Å²) in [5, 5.41) is 4.65. The molecule has 0 aliphatic rings. The van der Waals surface area contributed by atoms with Crippen LogP contribution in [0.15, 0.2) is 0 Å². The number of esters is 1. The molecule has 2 atom stereocenters. The number of hydrogen-bond donors (Lipinski definition) is 2. The lowest BCUT2D eigenvalue weighted by atomic mass is 10.3. The molecular weight excluding hydrogens is 391 g/mol. The molecule has 0 aromatic rings. The lowest BCUT2D eigenvalue weighted by Crippen LogP contribution is -2.45. The van der Waals surface area contributed by atoms with Gasteiger partial charge in [-0.2, -0.15) is 0 Å². The second-order valence-corrected chi connectivity index (χ2v) is 5.18. The minimum atomic E-state index is -0.860. The fourth-order valence-corrected chi connectivity index (χ4v) is 1.35. The molecule has 0 aliphatic carbocycles. The number of carbonyl (C=O) groups excluding carboxylic acids is 3. The molecule has 0 fully saturated rings. The number of hydrogen-bond acceptors (Lipinski definition) is 5. The van der Waals surface area contributed by atoms with Crippen molar-refractivity contribution in [2.45, 2.75) is 36.8 Å². The van der Waals surface area contributed by atoms with Gasteiger partial charge in [0.2, 0.25) is 10.0 Å². The summed E-state index contributed by atoms with van der Waals surface area (Å²) in [5.41, 5.74) is 0. The maximum Gasteiger partial charge on any atom is 0.407 e. The van der Waals surface area contributed by atoms with Crippen LogP contribution in [0.3, 0.4) is 0 Å². The zero-order chi connectivity index (χ0) is 16.3. The summed E-state index contributed by atoms with van der Waals surface area (Å²) in [4.78, 5) is 34.2. The molecule has 1 unspecified atom stereocenters. The summed E-state index contributed by atoms with van der Waals surface area (Å²) < 4.78 is 8.95. The molecule has 0 spiro atoms. The zero-order valence-electron chi connectivity index (χ0n) is 12.0. The fraction of sp³-hybridized carbons (Fsp3) is 0.615. The van der Waals surface area contributed by atoms with Crippen molar-refractivity contribution in [3.05, 3.63) is 0 Å². The summed E-state index contributed by atoms with van der Waals surface area (Å²) >= 11 is 1.76. The molecule has 21 heavy (non-hydrogen) atoms. The van der Waals surface area contributed by atoms with Crippen molar-refractivity contribution in [2.75, 3.05) is 13.2 Å². The van der Waals surface area contributed by atoms with Crippen LogP contribution in [0.25, 0.3) is 0 Å². The van der Waals surface area contributed by atoms with Crippen molar-refractivity contribution < 1.29 is 23.9 Å². The van der Waals surface area contributed by atoms with Crippen LogP contribution < -0.4 is 10.6 Å². The highest BCUT2D eigenvalue weighted by molar-refractivity contribution is 14.1. The largest absolute Gasteiger partial charge is 0.450 e. The third-order valence-corrected chi connectivity index (χ3v) is 2.82. The van der Waals surface area contributed by atoms with Crippen molar-refractivity contribution in [2.24, 2.45) is 0 Å². The van der Waals surface area contributed by atoms with E-state index in [0.29, 0.717) is 6.61 Å². The lowest BCUT2D eigenvalue weighted by molar-refractivity contribution is -0.146. The van der Waals surface area contributed by atoms with Gasteiger partial charge in [0.25, 0.3) is 0 Å². The molecule has 2 amide bonds. The Bertz CT molecular complexity index is 408. The number of alkyl halides is 1. The first-order chi connectivity index (χ1) is 9.90. The Morgan fingerprint density at radius 1 is 1.38 bits per heavy atom. The Labute approximate surface area is 137 Å². The number of amides is 2. The smallest absolute Gasteiger partial charge is 0.407 e. The molecule has 0 bridgehead atoms. The highest BCUT2D eigenvalue weighted by Gasteiger charge is 2.19. The average molecular weight is 410 g/mol. The second kappa shape index (κ2) is 11.2. The Balaban J connectivity index is 3.95. The van der Waals surface area contributed by atoms with Crippen LogP contribution in [0, 0.1) is 12.3 Å². The highest BCUT2D eigenvalue weighted by Crippen LogP contribution is 2.02.